The maximum absolute atomic E-state index is 11.6. The number of ether oxygens (including phenoxy) is 1. The zero-order valence-electron chi connectivity index (χ0n) is 9.01. The summed E-state index contributed by atoms with van der Waals surface area (Å²) >= 11 is 3.31. The lowest BCUT2D eigenvalue weighted by molar-refractivity contribution is -0.170. The van der Waals surface area contributed by atoms with Crippen LogP contribution in [0.3, 0.4) is 0 Å². The number of nitrogens with zero attached hydrogens (tertiary/aromatic N) is 1. The summed E-state index contributed by atoms with van der Waals surface area (Å²) in [7, 11) is 0. The molecule has 1 fully saturated rings. The minimum Gasteiger partial charge on any atom is -0.484 e. The number of halogens is 1. The van der Waals surface area contributed by atoms with E-state index in [1.807, 2.05) is 12.1 Å². The number of amides is 1. The smallest absolute Gasteiger partial charge is 0.284 e. The van der Waals surface area contributed by atoms with Crippen molar-refractivity contribution in [3.63, 3.8) is 0 Å². The van der Waals surface area contributed by atoms with Crippen molar-refractivity contribution in [2.75, 3.05) is 19.8 Å². The molecular weight excluding hydrogens is 290 g/mol. The molecule has 1 aliphatic heterocycles. The standard InChI is InChI=1S/C11H12BrNO4/c12-8-2-1-3-10(4-8)16-7-11(15)13-5-9(14)6-17-13/h1-4,9,14H,5-7H2/t9-/m0/s1. The van der Waals surface area contributed by atoms with Crippen molar-refractivity contribution in [3.8, 4) is 5.75 Å². The van der Waals surface area contributed by atoms with Crippen LogP contribution in [0.2, 0.25) is 0 Å². The molecule has 1 aromatic carbocycles. The van der Waals surface area contributed by atoms with Crippen LogP contribution in [0.5, 0.6) is 5.75 Å². The van der Waals surface area contributed by atoms with Crippen molar-refractivity contribution in [2.24, 2.45) is 0 Å². The first-order valence-corrected chi connectivity index (χ1v) is 5.94. The van der Waals surface area contributed by atoms with Gasteiger partial charge in [-0.1, -0.05) is 22.0 Å². The number of hydrogen-bond donors (Lipinski definition) is 1. The number of benzene rings is 1. The maximum atomic E-state index is 11.6. The summed E-state index contributed by atoms with van der Waals surface area (Å²) in [5, 5.41) is 10.3. The van der Waals surface area contributed by atoms with Gasteiger partial charge in [0.2, 0.25) is 0 Å². The Balaban J connectivity index is 1.84. The molecule has 92 valence electrons. The molecule has 1 aromatic rings. The molecule has 17 heavy (non-hydrogen) atoms. The van der Waals surface area contributed by atoms with Crippen LogP contribution in [0.4, 0.5) is 0 Å². The van der Waals surface area contributed by atoms with Crippen molar-refractivity contribution in [1.29, 1.82) is 0 Å². The van der Waals surface area contributed by atoms with Gasteiger partial charge in [0.25, 0.3) is 5.91 Å². The zero-order chi connectivity index (χ0) is 12.3. The van der Waals surface area contributed by atoms with Crippen molar-refractivity contribution < 1.29 is 19.5 Å². The van der Waals surface area contributed by atoms with E-state index in [0.29, 0.717) is 5.75 Å². The molecule has 0 aliphatic carbocycles. The third kappa shape index (κ3) is 3.42. The van der Waals surface area contributed by atoms with E-state index in [9.17, 15) is 9.90 Å². The molecule has 0 saturated carbocycles. The van der Waals surface area contributed by atoms with Gasteiger partial charge in [-0.3, -0.25) is 9.63 Å². The Morgan fingerprint density at radius 1 is 1.65 bits per heavy atom. The summed E-state index contributed by atoms with van der Waals surface area (Å²) in [6.07, 6.45) is -0.607. The molecule has 0 radical (unpaired) electrons. The molecule has 1 heterocycles. The highest BCUT2D eigenvalue weighted by molar-refractivity contribution is 9.10. The highest BCUT2D eigenvalue weighted by Crippen LogP contribution is 2.17. The number of β-amino-alcohol motifs (C(OH)–C–C–N with tert-alkyl or cyclic N) is 1. The molecule has 5 nitrogen and oxygen atoms in total. The number of carbonyl (C=O) groups excluding carboxylic acids is 1. The summed E-state index contributed by atoms with van der Waals surface area (Å²) in [6.45, 7) is 0.243. The molecule has 0 aromatic heterocycles. The summed E-state index contributed by atoms with van der Waals surface area (Å²) in [6, 6.07) is 7.22. The summed E-state index contributed by atoms with van der Waals surface area (Å²) < 4.78 is 6.20. The molecule has 1 aliphatic rings. The molecule has 0 spiro atoms. The number of hydrogen-bond acceptors (Lipinski definition) is 4. The normalized spacial score (nSPS) is 19.4. The van der Waals surface area contributed by atoms with Gasteiger partial charge in [-0.2, -0.15) is 0 Å². The third-order valence-electron chi connectivity index (χ3n) is 2.24. The molecule has 1 amide bonds. The maximum Gasteiger partial charge on any atom is 0.284 e. The molecule has 6 heteroatoms. The summed E-state index contributed by atoms with van der Waals surface area (Å²) in [5.74, 6) is 0.300. The highest BCUT2D eigenvalue weighted by Gasteiger charge is 2.26. The van der Waals surface area contributed by atoms with Crippen LogP contribution >= 0.6 is 15.9 Å². The molecule has 2 rings (SSSR count). The quantitative estimate of drug-likeness (QED) is 0.903. The molecule has 0 unspecified atom stereocenters. The molecule has 1 atom stereocenters. The van der Waals surface area contributed by atoms with Crippen molar-refractivity contribution in [1.82, 2.24) is 5.06 Å². The van der Waals surface area contributed by atoms with Crippen LogP contribution in [-0.4, -0.2) is 41.9 Å². The Bertz CT molecular complexity index is 412. The van der Waals surface area contributed by atoms with Gasteiger partial charge in [-0.25, -0.2) is 5.06 Å². The van der Waals surface area contributed by atoms with E-state index >= 15 is 0 Å². The van der Waals surface area contributed by atoms with E-state index in [2.05, 4.69) is 15.9 Å². The fraction of sp³-hybridized carbons (Fsp3) is 0.364. The predicted molar refractivity (Wildman–Crippen MR) is 63.3 cm³/mol. The van der Waals surface area contributed by atoms with Gasteiger partial charge in [0.15, 0.2) is 6.61 Å². The van der Waals surface area contributed by atoms with Gasteiger partial charge in [-0.05, 0) is 18.2 Å². The van der Waals surface area contributed by atoms with E-state index in [0.717, 1.165) is 9.54 Å². The first kappa shape index (κ1) is 12.3. The van der Waals surface area contributed by atoms with Crippen LogP contribution < -0.4 is 4.74 Å². The number of rotatable bonds is 3. The number of aliphatic hydroxyl groups excluding tert-OH is 1. The largest absolute Gasteiger partial charge is 0.484 e. The Morgan fingerprint density at radius 2 is 2.47 bits per heavy atom. The second-order valence-electron chi connectivity index (χ2n) is 3.65. The minimum atomic E-state index is -0.607. The first-order chi connectivity index (χ1) is 8.15. The van der Waals surface area contributed by atoms with Gasteiger partial charge in [0.1, 0.15) is 18.5 Å². The second kappa shape index (κ2) is 5.48. The fourth-order valence-electron chi connectivity index (χ4n) is 1.42. The molecule has 1 N–H and O–H groups in total. The molecular formula is C11H12BrNO4. The topological polar surface area (TPSA) is 59.0 Å². The molecule has 0 bridgehead atoms. The van der Waals surface area contributed by atoms with E-state index in [4.69, 9.17) is 9.57 Å². The van der Waals surface area contributed by atoms with Crippen molar-refractivity contribution in [2.45, 2.75) is 6.10 Å². The SMILES string of the molecule is O=C(COc1cccc(Br)c1)N1C[C@H](O)CO1. The monoisotopic (exact) mass is 301 g/mol. The molecule has 1 saturated heterocycles. The first-order valence-electron chi connectivity index (χ1n) is 5.15. The van der Waals surface area contributed by atoms with Gasteiger partial charge >= 0.3 is 0 Å². The van der Waals surface area contributed by atoms with Gasteiger partial charge in [0, 0.05) is 4.47 Å². The van der Waals surface area contributed by atoms with Crippen LogP contribution in [-0.2, 0) is 9.63 Å². The third-order valence-corrected chi connectivity index (χ3v) is 2.73. The van der Waals surface area contributed by atoms with Crippen LogP contribution in [0.1, 0.15) is 0 Å². The summed E-state index contributed by atoms with van der Waals surface area (Å²) in [4.78, 5) is 16.6. The fourth-order valence-corrected chi connectivity index (χ4v) is 1.80. The lowest BCUT2D eigenvalue weighted by Crippen LogP contribution is -2.32. The lowest BCUT2D eigenvalue weighted by Gasteiger charge is -2.14. The van der Waals surface area contributed by atoms with Gasteiger partial charge in [0.05, 0.1) is 6.54 Å². The average Bonchev–Trinajstić information content (AvgIpc) is 2.73. The second-order valence-corrected chi connectivity index (χ2v) is 4.57. The minimum absolute atomic E-state index is 0.108. The number of aliphatic hydroxyl groups is 1. The number of hydroxylamine groups is 2. The van der Waals surface area contributed by atoms with Crippen molar-refractivity contribution in [3.05, 3.63) is 28.7 Å². The Morgan fingerprint density at radius 3 is 3.12 bits per heavy atom. The Kier molecular flexibility index (Phi) is 3.98. The van der Waals surface area contributed by atoms with E-state index in [1.54, 1.807) is 12.1 Å². The van der Waals surface area contributed by atoms with Crippen LogP contribution in [0, 0.1) is 0 Å². The Hall–Kier alpha value is -1.11. The Labute approximate surface area is 107 Å². The predicted octanol–water partition coefficient (Wildman–Crippen LogP) is 0.963. The highest BCUT2D eigenvalue weighted by atomic mass is 79.9. The average molecular weight is 302 g/mol. The zero-order valence-corrected chi connectivity index (χ0v) is 10.6. The van der Waals surface area contributed by atoms with E-state index < -0.39 is 6.10 Å². The number of carbonyl (C=O) groups is 1. The summed E-state index contributed by atoms with van der Waals surface area (Å²) in [5.41, 5.74) is 0. The van der Waals surface area contributed by atoms with Gasteiger partial charge < -0.3 is 9.84 Å². The van der Waals surface area contributed by atoms with E-state index in [-0.39, 0.29) is 25.7 Å². The van der Waals surface area contributed by atoms with Gasteiger partial charge in [-0.15, -0.1) is 0 Å². The van der Waals surface area contributed by atoms with E-state index in [1.165, 1.54) is 0 Å². The lowest BCUT2D eigenvalue weighted by atomic mass is 10.3. The van der Waals surface area contributed by atoms with Crippen LogP contribution in [0.15, 0.2) is 28.7 Å². The van der Waals surface area contributed by atoms with Crippen molar-refractivity contribution >= 4 is 21.8 Å². The van der Waals surface area contributed by atoms with Crippen LogP contribution in [0.25, 0.3) is 0 Å².